The van der Waals surface area contributed by atoms with Gasteiger partial charge in [0.1, 0.15) is 0 Å². The second-order valence-electron chi connectivity index (χ2n) is 3.79. The van der Waals surface area contributed by atoms with Gasteiger partial charge in [0.05, 0.1) is 13.2 Å². The Hall–Kier alpha value is -0.120. The zero-order valence-corrected chi connectivity index (χ0v) is 9.26. The Morgan fingerprint density at radius 3 is 2.50 bits per heavy atom. The minimum atomic E-state index is 0.739. The maximum atomic E-state index is 5.49. The molecule has 1 aliphatic heterocycles. The molecular formula is C11H23NO2. The Morgan fingerprint density at radius 1 is 1.07 bits per heavy atom. The average Bonchev–Trinajstić information content (AvgIpc) is 2.25. The van der Waals surface area contributed by atoms with E-state index < -0.39 is 0 Å². The predicted molar refractivity (Wildman–Crippen MR) is 57.5 cm³/mol. The Balaban J connectivity index is 1.82. The molecule has 0 aromatic carbocycles. The first-order chi connectivity index (χ1) is 6.93. The molecular weight excluding hydrogens is 178 g/mol. The molecule has 14 heavy (non-hydrogen) atoms. The third-order valence-electron chi connectivity index (χ3n) is 2.71. The average molecular weight is 201 g/mol. The van der Waals surface area contributed by atoms with Crippen molar-refractivity contribution in [3.05, 3.63) is 0 Å². The quantitative estimate of drug-likeness (QED) is 0.632. The number of piperidine rings is 1. The lowest BCUT2D eigenvalue weighted by molar-refractivity contribution is 0.0460. The first kappa shape index (κ1) is 12.0. The summed E-state index contributed by atoms with van der Waals surface area (Å²) in [6, 6.07) is 0. The van der Waals surface area contributed by atoms with Crippen LogP contribution in [0.4, 0.5) is 0 Å². The van der Waals surface area contributed by atoms with E-state index in [-0.39, 0.29) is 0 Å². The van der Waals surface area contributed by atoms with Gasteiger partial charge in [-0.2, -0.15) is 0 Å². The summed E-state index contributed by atoms with van der Waals surface area (Å²) in [5.41, 5.74) is 0. The Labute approximate surface area is 87.2 Å². The largest absolute Gasteiger partial charge is 0.379 e. The van der Waals surface area contributed by atoms with Crippen LogP contribution in [0.3, 0.4) is 0 Å². The van der Waals surface area contributed by atoms with Crippen molar-refractivity contribution in [3.63, 3.8) is 0 Å². The lowest BCUT2D eigenvalue weighted by Crippen LogP contribution is -2.28. The molecule has 1 N–H and O–H groups in total. The number of nitrogens with one attached hydrogen (secondary N) is 1. The molecule has 1 aliphatic rings. The van der Waals surface area contributed by atoms with E-state index in [1.165, 1.54) is 32.4 Å². The second-order valence-corrected chi connectivity index (χ2v) is 3.79. The van der Waals surface area contributed by atoms with Crippen LogP contribution in [0.25, 0.3) is 0 Å². The van der Waals surface area contributed by atoms with Crippen LogP contribution in [0.1, 0.15) is 26.2 Å². The van der Waals surface area contributed by atoms with Crippen LogP contribution in [0.15, 0.2) is 0 Å². The van der Waals surface area contributed by atoms with Crippen LogP contribution >= 0.6 is 0 Å². The molecule has 1 fully saturated rings. The Bertz CT molecular complexity index is 124. The zero-order chi connectivity index (χ0) is 10.1. The van der Waals surface area contributed by atoms with Crippen molar-refractivity contribution in [3.8, 4) is 0 Å². The molecule has 84 valence electrons. The van der Waals surface area contributed by atoms with E-state index in [1.54, 1.807) is 0 Å². The molecule has 1 saturated heterocycles. The van der Waals surface area contributed by atoms with Gasteiger partial charge in [-0.15, -0.1) is 0 Å². The first-order valence-electron chi connectivity index (χ1n) is 5.79. The smallest absolute Gasteiger partial charge is 0.0700 e. The van der Waals surface area contributed by atoms with Crippen molar-refractivity contribution in [1.29, 1.82) is 0 Å². The lowest BCUT2D eigenvalue weighted by Gasteiger charge is -2.22. The van der Waals surface area contributed by atoms with E-state index in [0.29, 0.717) is 0 Å². The normalized spacial score (nSPS) is 18.6. The minimum absolute atomic E-state index is 0.739. The standard InChI is InChI=1S/C11H23NO2/c1-2-13-9-10-14-8-5-11-3-6-12-7-4-11/h11-12H,2-10H2,1H3. The van der Waals surface area contributed by atoms with Crippen LogP contribution in [0.5, 0.6) is 0 Å². The summed E-state index contributed by atoms with van der Waals surface area (Å²) in [5, 5.41) is 3.37. The predicted octanol–water partition coefficient (Wildman–Crippen LogP) is 1.43. The van der Waals surface area contributed by atoms with Gasteiger partial charge in [0.15, 0.2) is 0 Å². The highest BCUT2D eigenvalue weighted by Crippen LogP contribution is 2.15. The number of ether oxygens (including phenoxy) is 2. The molecule has 0 aromatic heterocycles. The highest BCUT2D eigenvalue weighted by Gasteiger charge is 2.11. The molecule has 0 saturated carbocycles. The number of hydrogen-bond acceptors (Lipinski definition) is 3. The summed E-state index contributed by atoms with van der Waals surface area (Å²) < 4.78 is 10.7. The molecule has 0 unspecified atom stereocenters. The van der Waals surface area contributed by atoms with Gasteiger partial charge >= 0.3 is 0 Å². The fraction of sp³-hybridized carbons (Fsp3) is 1.00. The topological polar surface area (TPSA) is 30.5 Å². The summed E-state index contributed by atoms with van der Waals surface area (Å²) in [6.45, 7) is 7.55. The van der Waals surface area contributed by atoms with Gasteiger partial charge in [-0.05, 0) is 45.2 Å². The molecule has 0 radical (unpaired) electrons. The van der Waals surface area contributed by atoms with Crippen molar-refractivity contribution in [1.82, 2.24) is 5.32 Å². The van der Waals surface area contributed by atoms with Crippen LogP contribution < -0.4 is 5.32 Å². The van der Waals surface area contributed by atoms with Crippen molar-refractivity contribution < 1.29 is 9.47 Å². The molecule has 0 spiro atoms. The molecule has 0 aliphatic carbocycles. The van der Waals surface area contributed by atoms with Gasteiger partial charge in [-0.1, -0.05) is 0 Å². The van der Waals surface area contributed by atoms with Gasteiger partial charge in [0.2, 0.25) is 0 Å². The third kappa shape index (κ3) is 5.58. The van der Waals surface area contributed by atoms with E-state index in [4.69, 9.17) is 9.47 Å². The van der Waals surface area contributed by atoms with Crippen LogP contribution in [-0.4, -0.2) is 39.5 Å². The SMILES string of the molecule is CCOCCOCCC1CCNCC1. The highest BCUT2D eigenvalue weighted by atomic mass is 16.5. The Morgan fingerprint density at radius 2 is 1.79 bits per heavy atom. The minimum Gasteiger partial charge on any atom is -0.379 e. The van der Waals surface area contributed by atoms with E-state index in [0.717, 1.165) is 32.3 Å². The first-order valence-corrected chi connectivity index (χ1v) is 5.79. The summed E-state index contributed by atoms with van der Waals surface area (Å²) in [7, 11) is 0. The van der Waals surface area contributed by atoms with E-state index in [2.05, 4.69) is 5.32 Å². The van der Waals surface area contributed by atoms with E-state index >= 15 is 0 Å². The fourth-order valence-corrected chi connectivity index (χ4v) is 1.78. The zero-order valence-electron chi connectivity index (χ0n) is 9.26. The van der Waals surface area contributed by atoms with E-state index in [9.17, 15) is 0 Å². The molecule has 1 heterocycles. The molecule has 3 nitrogen and oxygen atoms in total. The lowest BCUT2D eigenvalue weighted by atomic mass is 9.95. The molecule has 0 atom stereocenters. The number of rotatable bonds is 7. The highest BCUT2D eigenvalue weighted by molar-refractivity contribution is 4.67. The summed E-state index contributed by atoms with van der Waals surface area (Å²) in [6.07, 6.45) is 3.84. The van der Waals surface area contributed by atoms with Crippen LogP contribution in [0.2, 0.25) is 0 Å². The third-order valence-corrected chi connectivity index (χ3v) is 2.71. The van der Waals surface area contributed by atoms with Gasteiger partial charge in [0, 0.05) is 13.2 Å². The Kier molecular flexibility index (Phi) is 7.01. The van der Waals surface area contributed by atoms with Gasteiger partial charge in [0.25, 0.3) is 0 Å². The molecule has 0 aromatic rings. The van der Waals surface area contributed by atoms with Crippen molar-refractivity contribution in [2.24, 2.45) is 5.92 Å². The van der Waals surface area contributed by atoms with E-state index in [1.807, 2.05) is 6.92 Å². The van der Waals surface area contributed by atoms with Gasteiger partial charge < -0.3 is 14.8 Å². The second kappa shape index (κ2) is 8.21. The van der Waals surface area contributed by atoms with Gasteiger partial charge in [-0.25, -0.2) is 0 Å². The monoisotopic (exact) mass is 201 g/mol. The maximum Gasteiger partial charge on any atom is 0.0700 e. The van der Waals surface area contributed by atoms with Gasteiger partial charge in [-0.3, -0.25) is 0 Å². The number of hydrogen-bond donors (Lipinski definition) is 1. The maximum absolute atomic E-state index is 5.49. The molecule has 0 bridgehead atoms. The fourth-order valence-electron chi connectivity index (χ4n) is 1.78. The summed E-state index contributed by atoms with van der Waals surface area (Å²) in [5.74, 6) is 0.878. The van der Waals surface area contributed by atoms with Crippen LogP contribution in [0, 0.1) is 5.92 Å². The van der Waals surface area contributed by atoms with Crippen molar-refractivity contribution >= 4 is 0 Å². The van der Waals surface area contributed by atoms with Crippen molar-refractivity contribution in [2.75, 3.05) is 39.5 Å². The van der Waals surface area contributed by atoms with Crippen LogP contribution in [-0.2, 0) is 9.47 Å². The molecule has 0 amide bonds. The van der Waals surface area contributed by atoms with Crippen molar-refractivity contribution in [2.45, 2.75) is 26.2 Å². The summed E-state index contributed by atoms with van der Waals surface area (Å²) in [4.78, 5) is 0. The molecule has 1 rings (SSSR count). The molecule has 3 heteroatoms. The summed E-state index contributed by atoms with van der Waals surface area (Å²) >= 11 is 0.